The molecule has 0 amide bonds. The lowest BCUT2D eigenvalue weighted by molar-refractivity contribution is 1.34. The lowest BCUT2D eigenvalue weighted by atomic mass is 10.1. The number of imidazole rings is 1. The molecule has 0 aliphatic heterocycles. The first-order valence-corrected chi connectivity index (χ1v) is 8.13. The first-order chi connectivity index (χ1) is 11.3. The van der Waals surface area contributed by atoms with Crippen LogP contribution in [0.2, 0.25) is 0 Å². The Labute approximate surface area is 135 Å². The van der Waals surface area contributed by atoms with Gasteiger partial charge in [-0.1, -0.05) is 35.6 Å². The number of nitrogens with zero attached hydrogens (tertiary/aromatic N) is 2. The number of aromatic amines is 1. The molecule has 0 aliphatic rings. The lowest BCUT2D eigenvalue weighted by Crippen LogP contribution is -1.80. The number of aromatic nitrogens is 3. The van der Waals surface area contributed by atoms with Crippen molar-refractivity contribution in [3.63, 3.8) is 0 Å². The number of hydrogen-bond donors (Lipinski definition) is 2. The van der Waals surface area contributed by atoms with Crippen molar-refractivity contribution in [2.45, 2.75) is 0 Å². The molecule has 0 atom stereocenters. The van der Waals surface area contributed by atoms with Gasteiger partial charge < -0.3 is 10.7 Å². The highest BCUT2D eigenvalue weighted by atomic mass is 32.1. The molecule has 0 saturated heterocycles. The van der Waals surface area contributed by atoms with Crippen molar-refractivity contribution in [3.05, 3.63) is 54.6 Å². The standard InChI is InChI=1S/C18H12N4S/c19-18-22-13-6-5-12(9-16(13)23-18)17-20-14-7-10-3-1-2-4-11(10)8-15(14)21-17/h1-9H,(H2,19,22)(H,20,21). The quantitative estimate of drug-likeness (QED) is 0.476. The topological polar surface area (TPSA) is 67.6 Å². The Balaban J connectivity index is 1.72. The van der Waals surface area contributed by atoms with Crippen LogP contribution in [0.1, 0.15) is 0 Å². The normalized spacial score (nSPS) is 11.7. The number of H-pyrrole nitrogens is 1. The van der Waals surface area contributed by atoms with Crippen LogP contribution in [0.3, 0.4) is 0 Å². The molecule has 0 saturated carbocycles. The zero-order valence-corrected chi connectivity index (χ0v) is 12.9. The zero-order valence-electron chi connectivity index (χ0n) is 12.1. The molecule has 3 N–H and O–H groups in total. The summed E-state index contributed by atoms with van der Waals surface area (Å²) in [5.74, 6) is 0.865. The fourth-order valence-corrected chi connectivity index (χ4v) is 3.70. The van der Waals surface area contributed by atoms with Crippen molar-refractivity contribution in [3.8, 4) is 11.4 Å². The van der Waals surface area contributed by atoms with Crippen molar-refractivity contribution in [2.24, 2.45) is 0 Å². The van der Waals surface area contributed by atoms with Crippen molar-refractivity contribution < 1.29 is 0 Å². The molecule has 0 spiro atoms. The van der Waals surface area contributed by atoms with E-state index < -0.39 is 0 Å². The average molecular weight is 316 g/mol. The van der Waals surface area contributed by atoms with Gasteiger partial charge in [-0.25, -0.2) is 9.97 Å². The molecule has 0 radical (unpaired) electrons. The van der Waals surface area contributed by atoms with Crippen molar-refractivity contribution in [1.29, 1.82) is 0 Å². The SMILES string of the molecule is Nc1nc2ccc(-c3nc4cc5ccccc5cc4[nH]3)cc2s1. The minimum atomic E-state index is 0.591. The van der Waals surface area contributed by atoms with Gasteiger partial charge in [0.15, 0.2) is 5.13 Å². The van der Waals surface area contributed by atoms with Gasteiger partial charge in [0.25, 0.3) is 0 Å². The van der Waals surface area contributed by atoms with Gasteiger partial charge in [-0.3, -0.25) is 0 Å². The summed E-state index contributed by atoms with van der Waals surface area (Å²) in [5.41, 5.74) is 9.77. The molecule has 4 nitrogen and oxygen atoms in total. The van der Waals surface area contributed by atoms with Gasteiger partial charge in [0.05, 0.1) is 21.3 Å². The summed E-state index contributed by atoms with van der Waals surface area (Å²) >= 11 is 1.49. The van der Waals surface area contributed by atoms with Gasteiger partial charge in [-0.2, -0.15) is 0 Å². The Morgan fingerprint density at radius 3 is 2.57 bits per heavy atom. The summed E-state index contributed by atoms with van der Waals surface area (Å²) in [6.45, 7) is 0. The maximum atomic E-state index is 5.78. The van der Waals surface area contributed by atoms with E-state index in [2.05, 4.69) is 40.3 Å². The van der Waals surface area contributed by atoms with Gasteiger partial charge >= 0.3 is 0 Å². The largest absolute Gasteiger partial charge is 0.375 e. The Hall–Kier alpha value is -2.92. The number of fused-ring (bicyclic) bond motifs is 3. The number of rotatable bonds is 1. The fraction of sp³-hybridized carbons (Fsp3) is 0. The van der Waals surface area contributed by atoms with Crippen molar-refractivity contribution in [2.75, 3.05) is 5.73 Å². The second kappa shape index (κ2) is 4.54. The summed E-state index contributed by atoms with van der Waals surface area (Å²) in [5, 5.41) is 3.00. The number of nitrogens with one attached hydrogen (secondary N) is 1. The third-order valence-electron chi connectivity index (χ3n) is 4.03. The minimum Gasteiger partial charge on any atom is -0.375 e. The molecule has 5 aromatic rings. The number of benzene rings is 3. The minimum absolute atomic E-state index is 0.591. The number of nitrogens with two attached hydrogens (primary N) is 1. The number of thiazole rings is 1. The van der Waals surface area contributed by atoms with Gasteiger partial charge in [0.2, 0.25) is 0 Å². The monoisotopic (exact) mass is 316 g/mol. The molecule has 5 heteroatoms. The Morgan fingerprint density at radius 1 is 0.870 bits per heavy atom. The van der Waals surface area contributed by atoms with Crippen LogP contribution >= 0.6 is 11.3 Å². The van der Waals surface area contributed by atoms with E-state index in [0.717, 1.165) is 32.6 Å². The summed E-state index contributed by atoms with van der Waals surface area (Å²) in [7, 11) is 0. The third-order valence-corrected chi connectivity index (χ3v) is 4.88. The van der Waals surface area contributed by atoms with Crippen LogP contribution in [-0.4, -0.2) is 15.0 Å². The first kappa shape index (κ1) is 12.6. The smallest absolute Gasteiger partial charge is 0.181 e. The maximum Gasteiger partial charge on any atom is 0.181 e. The molecule has 110 valence electrons. The van der Waals surface area contributed by atoms with E-state index in [-0.39, 0.29) is 0 Å². The highest BCUT2D eigenvalue weighted by molar-refractivity contribution is 7.22. The molecule has 2 aromatic heterocycles. The predicted molar refractivity (Wildman–Crippen MR) is 96.6 cm³/mol. The molecular formula is C18H12N4S. The Bertz CT molecular complexity index is 1130. The van der Waals surface area contributed by atoms with E-state index in [0.29, 0.717) is 5.13 Å². The number of nitrogen functional groups attached to an aromatic ring is 1. The van der Waals surface area contributed by atoms with Gasteiger partial charge in [0.1, 0.15) is 5.82 Å². The molecular weight excluding hydrogens is 304 g/mol. The van der Waals surface area contributed by atoms with Crippen molar-refractivity contribution in [1.82, 2.24) is 15.0 Å². The van der Waals surface area contributed by atoms with E-state index in [1.807, 2.05) is 24.3 Å². The lowest BCUT2D eigenvalue weighted by Gasteiger charge is -1.96. The van der Waals surface area contributed by atoms with Crippen LogP contribution in [0.15, 0.2) is 54.6 Å². The van der Waals surface area contributed by atoms with Crippen LogP contribution in [0.5, 0.6) is 0 Å². The van der Waals surface area contributed by atoms with E-state index in [9.17, 15) is 0 Å². The summed E-state index contributed by atoms with van der Waals surface area (Å²) in [6, 6.07) is 18.7. The van der Waals surface area contributed by atoms with E-state index in [1.54, 1.807) is 0 Å². The fourth-order valence-electron chi connectivity index (χ4n) is 2.92. The van der Waals surface area contributed by atoms with Gasteiger partial charge in [-0.05, 0) is 41.1 Å². The van der Waals surface area contributed by atoms with E-state index in [4.69, 9.17) is 10.7 Å². The van der Waals surface area contributed by atoms with Gasteiger partial charge in [-0.15, -0.1) is 0 Å². The average Bonchev–Trinajstić information content (AvgIpc) is 3.13. The van der Waals surface area contributed by atoms with Gasteiger partial charge in [0, 0.05) is 5.56 Å². The zero-order chi connectivity index (χ0) is 15.4. The first-order valence-electron chi connectivity index (χ1n) is 7.31. The molecule has 0 bridgehead atoms. The van der Waals surface area contributed by atoms with E-state index in [1.165, 1.54) is 22.1 Å². The number of hydrogen-bond acceptors (Lipinski definition) is 4. The third kappa shape index (κ3) is 1.98. The Kier molecular flexibility index (Phi) is 2.49. The molecule has 2 heterocycles. The maximum absolute atomic E-state index is 5.78. The Morgan fingerprint density at radius 2 is 1.70 bits per heavy atom. The molecule has 0 aliphatic carbocycles. The van der Waals surface area contributed by atoms with E-state index >= 15 is 0 Å². The molecule has 0 fully saturated rings. The van der Waals surface area contributed by atoms with Crippen LogP contribution in [-0.2, 0) is 0 Å². The highest BCUT2D eigenvalue weighted by Crippen LogP contribution is 2.30. The number of anilines is 1. The molecule has 5 rings (SSSR count). The summed E-state index contributed by atoms with van der Waals surface area (Å²) in [4.78, 5) is 12.5. The molecule has 23 heavy (non-hydrogen) atoms. The van der Waals surface area contributed by atoms with Crippen LogP contribution in [0, 0.1) is 0 Å². The second-order valence-corrected chi connectivity index (χ2v) is 6.60. The van der Waals surface area contributed by atoms with Crippen LogP contribution in [0.4, 0.5) is 5.13 Å². The van der Waals surface area contributed by atoms with Crippen LogP contribution in [0.25, 0.3) is 43.4 Å². The molecule has 0 unspecified atom stereocenters. The highest BCUT2D eigenvalue weighted by Gasteiger charge is 2.09. The molecule has 3 aromatic carbocycles. The van der Waals surface area contributed by atoms with Crippen LogP contribution < -0.4 is 5.73 Å². The second-order valence-electron chi connectivity index (χ2n) is 5.54. The summed E-state index contributed by atoms with van der Waals surface area (Å²) in [6.07, 6.45) is 0. The van der Waals surface area contributed by atoms with Crippen molar-refractivity contribution >= 4 is 48.5 Å². The predicted octanol–water partition coefficient (Wildman–Crippen LogP) is 4.58. The summed E-state index contributed by atoms with van der Waals surface area (Å²) < 4.78 is 1.07.